The summed E-state index contributed by atoms with van der Waals surface area (Å²) in [6.07, 6.45) is 0.857. The van der Waals surface area contributed by atoms with E-state index in [4.69, 9.17) is 5.11 Å². The fourth-order valence-corrected chi connectivity index (χ4v) is 0.902. The van der Waals surface area contributed by atoms with Gasteiger partial charge in [0.15, 0.2) is 0 Å². The number of aryl methyl sites for hydroxylation is 1. The first-order valence-electron chi connectivity index (χ1n) is 3.40. The van der Waals surface area contributed by atoms with Gasteiger partial charge >= 0.3 is 5.97 Å². The van der Waals surface area contributed by atoms with Crippen molar-refractivity contribution in [2.24, 2.45) is 0 Å². The number of aliphatic carboxylic acids is 1. The van der Waals surface area contributed by atoms with Crippen LogP contribution in [0.1, 0.15) is 17.3 Å². The summed E-state index contributed by atoms with van der Waals surface area (Å²) in [6, 6.07) is 1.37. The standard InChI is InChI=1S/C8H8FNO2/c1-5-4-10-3-2-6(5)7(9)8(11)12/h2-4,7H,1H3,(H,11,12). The van der Waals surface area contributed by atoms with Gasteiger partial charge in [-0.25, -0.2) is 9.18 Å². The Morgan fingerprint density at radius 3 is 2.92 bits per heavy atom. The quantitative estimate of drug-likeness (QED) is 0.729. The summed E-state index contributed by atoms with van der Waals surface area (Å²) >= 11 is 0. The van der Waals surface area contributed by atoms with Crippen LogP contribution in [0.3, 0.4) is 0 Å². The molecule has 4 heteroatoms. The van der Waals surface area contributed by atoms with Crippen molar-refractivity contribution in [1.82, 2.24) is 4.98 Å². The Morgan fingerprint density at radius 2 is 2.42 bits per heavy atom. The number of carboxylic acids is 1. The van der Waals surface area contributed by atoms with Crippen LogP contribution in [0.4, 0.5) is 4.39 Å². The first kappa shape index (κ1) is 8.64. The fourth-order valence-electron chi connectivity index (χ4n) is 0.902. The Morgan fingerprint density at radius 1 is 1.75 bits per heavy atom. The van der Waals surface area contributed by atoms with Crippen molar-refractivity contribution in [2.45, 2.75) is 13.1 Å². The Kier molecular flexibility index (Phi) is 2.38. The zero-order valence-electron chi connectivity index (χ0n) is 6.49. The van der Waals surface area contributed by atoms with Crippen LogP contribution in [-0.2, 0) is 4.79 Å². The van der Waals surface area contributed by atoms with Crippen molar-refractivity contribution in [1.29, 1.82) is 0 Å². The average molecular weight is 169 g/mol. The predicted molar refractivity (Wildman–Crippen MR) is 40.5 cm³/mol. The van der Waals surface area contributed by atoms with E-state index in [-0.39, 0.29) is 5.56 Å². The SMILES string of the molecule is Cc1cnccc1C(F)C(=O)O. The van der Waals surface area contributed by atoms with Gasteiger partial charge < -0.3 is 5.11 Å². The predicted octanol–water partition coefficient (Wildman–Crippen LogP) is 1.49. The van der Waals surface area contributed by atoms with E-state index in [2.05, 4.69) is 4.98 Å². The van der Waals surface area contributed by atoms with E-state index >= 15 is 0 Å². The largest absolute Gasteiger partial charge is 0.479 e. The number of hydrogen-bond donors (Lipinski definition) is 1. The number of carboxylic acid groups (broad SMARTS) is 1. The van der Waals surface area contributed by atoms with Gasteiger partial charge in [-0.3, -0.25) is 4.98 Å². The van der Waals surface area contributed by atoms with Gasteiger partial charge in [0.2, 0.25) is 6.17 Å². The van der Waals surface area contributed by atoms with Crippen molar-refractivity contribution in [3.8, 4) is 0 Å². The minimum atomic E-state index is -1.95. The number of halogens is 1. The Hall–Kier alpha value is -1.45. The second-order valence-electron chi connectivity index (χ2n) is 2.43. The van der Waals surface area contributed by atoms with Gasteiger partial charge in [0.05, 0.1) is 0 Å². The lowest BCUT2D eigenvalue weighted by Crippen LogP contribution is -2.07. The van der Waals surface area contributed by atoms with Crippen molar-refractivity contribution < 1.29 is 14.3 Å². The van der Waals surface area contributed by atoms with Gasteiger partial charge in [0, 0.05) is 18.0 Å². The molecule has 0 radical (unpaired) electrons. The number of pyridine rings is 1. The topological polar surface area (TPSA) is 50.2 Å². The molecule has 1 unspecified atom stereocenters. The minimum Gasteiger partial charge on any atom is -0.479 e. The highest BCUT2D eigenvalue weighted by Gasteiger charge is 2.19. The lowest BCUT2D eigenvalue weighted by molar-refractivity contribution is -0.143. The first-order chi connectivity index (χ1) is 5.63. The molecule has 0 amide bonds. The zero-order valence-corrected chi connectivity index (χ0v) is 6.49. The highest BCUT2D eigenvalue weighted by atomic mass is 19.1. The monoisotopic (exact) mass is 169 g/mol. The van der Waals surface area contributed by atoms with E-state index < -0.39 is 12.1 Å². The van der Waals surface area contributed by atoms with Crippen LogP contribution in [-0.4, -0.2) is 16.1 Å². The summed E-state index contributed by atoms with van der Waals surface area (Å²) in [5.74, 6) is -1.47. The molecule has 1 rings (SSSR count). The molecule has 0 bridgehead atoms. The summed E-state index contributed by atoms with van der Waals surface area (Å²) in [5.41, 5.74) is 0.713. The number of carbonyl (C=O) groups is 1. The highest BCUT2D eigenvalue weighted by Crippen LogP contribution is 2.19. The molecular formula is C8H8FNO2. The molecule has 1 N–H and O–H groups in total. The van der Waals surface area contributed by atoms with Gasteiger partial charge in [-0.15, -0.1) is 0 Å². The lowest BCUT2D eigenvalue weighted by Gasteiger charge is -2.05. The van der Waals surface area contributed by atoms with Crippen LogP contribution in [0.15, 0.2) is 18.5 Å². The van der Waals surface area contributed by atoms with Crippen LogP contribution in [0, 0.1) is 6.92 Å². The number of hydrogen-bond acceptors (Lipinski definition) is 2. The average Bonchev–Trinajstić information content (AvgIpc) is 2.04. The Balaban J connectivity index is 3.02. The van der Waals surface area contributed by atoms with Crippen molar-refractivity contribution in [2.75, 3.05) is 0 Å². The molecule has 1 atom stereocenters. The molecule has 12 heavy (non-hydrogen) atoms. The summed E-state index contributed by atoms with van der Waals surface area (Å²) in [5, 5.41) is 8.36. The molecule has 1 aromatic rings. The molecule has 0 spiro atoms. The third-order valence-electron chi connectivity index (χ3n) is 1.55. The summed E-state index contributed by atoms with van der Waals surface area (Å²) in [6.45, 7) is 1.62. The van der Waals surface area contributed by atoms with Gasteiger partial charge in [-0.05, 0) is 18.6 Å². The Labute approximate surface area is 68.9 Å². The van der Waals surface area contributed by atoms with Gasteiger partial charge in [-0.1, -0.05) is 0 Å². The molecule has 0 aliphatic carbocycles. The lowest BCUT2D eigenvalue weighted by atomic mass is 10.1. The van der Waals surface area contributed by atoms with Gasteiger partial charge in [-0.2, -0.15) is 0 Å². The normalized spacial score (nSPS) is 12.5. The molecular weight excluding hydrogens is 161 g/mol. The molecule has 3 nitrogen and oxygen atoms in total. The number of nitrogens with zero attached hydrogens (tertiary/aromatic N) is 1. The molecule has 1 heterocycles. The molecule has 0 aliphatic heterocycles. The molecule has 1 aromatic heterocycles. The van der Waals surface area contributed by atoms with Crippen molar-refractivity contribution in [3.05, 3.63) is 29.6 Å². The van der Waals surface area contributed by atoms with E-state index in [1.807, 2.05) is 0 Å². The maximum atomic E-state index is 12.9. The molecule has 0 aliphatic rings. The number of rotatable bonds is 2. The molecule has 0 saturated carbocycles. The molecule has 64 valence electrons. The third-order valence-corrected chi connectivity index (χ3v) is 1.55. The highest BCUT2D eigenvalue weighted by molar-refractivity contribution is 5.74. The second kappa shape index (κ2) is 3.30. The van der Waals surface area contributed by atoms with E-state index in [0.29, 0.717) is 5.56 Å². The van der Waals surface area contributed by atoms with Gasteiger partial charge in [0.25, 0.3) is 0 Å². The van der Waals surface area contributed by atoms with E-state index in [9.17, 15) is 9.18 Å². The maximum absolute atomic E-state index is 12.9. The van der Waals surface area contributed by atoms with Crippen LogP contribution in [0.5, 0.6) is 0 Å². The summed E-state index contributed by atoms with van der Waals surface area (Å²) < 4.78 is 12.9. The second-order valence-corrected chi connectivity index (χ2v) is 2.43. The number of aromatic nitrogens is 1. The molecule has 0 saturated heterocycles. The summed E-state index contributed by atoms with van der Waals surface area (Å²) in [7, 11) is 0. The van der Waals surface area contributed by atoms with E-state index in [1.54, 1.807) is 6.92 Å². The third kappa shape index (κ3) is 1.58. The zero-order chi connectivity index (χ0) is 9.14. The minimum absolute atomic E-state index is 0.164. The van der Waals surface area contributed by atoms with E-state index in [0.717, 1.165) is 0 Å². The first-order valence-corrected chi connectivity index (χ1v) is 3.40. The molecule has 0 aromatic carbocycles. The maximum Gasteiger partial charge on any atom is 0.343 e. The van der Waals surface area contributed by atoms with Crippen molar-refractivity contribution in [3.63, 3.8) is 0 Å². The number of alkyl halides is 1. The van der Waals surface area contributed by atoms with Crippen LogP contribution < -0.4 is 0 Å². The van der Waals surface area contributed by atoms with Crippen LogP contribution in [0.25, 0.3) is 0 Å². The summed E-state index contributed by atoms with van der Waals surface area (Å²) in [4.78, 5) is 14.0. The Bertz CT molecular complexity index is 301. The van der Waals surface area contributed by atoms with Crippen LogP contribution in [0.2, 0.25) is 0 Å². The van der Waals surface area contributed by atoms with Crippen molar-refractivity contribution >= 4 is 5.97 Å². The smallest absolute Gasteiger partial charge is 0.343 e. The van der Waals surface area contributed by atoms with E-state index in [1.165, 1.54) is 18.5 Å². The molecule has 0 fully saturated rings. The van der Waals surface area contributed by atoms with Gasteiger partial charge in [0.1, 0.15) is 0 Å². The van der Waals surface area contributed by atoms with Crippen LogP contribution >= 0.6 is 0 Å². The fraction of sp³-hybridized carbons (Fsp3) is 0.250.